The molecule has 0 spiro atoms. The number of nitro groups is 1. The van der Waals surface area contributed by atoms with Crippen molar-refractivity contribution in [2.45, 2.75) is 44.4 Å². The number of halogens is 3. The largest absolute Gasteiger partial charge is 0.456 e. The zero-order chi connectivity index (χ0) is 30.6. The fourth-order valence-electron chi connectivity index (χ4n) is 5.40. The summed E-state index contributed by atoms with van der Waals surface area (Å²) in [5.74, 6) is 1.62. The van der Waals surface area contributed by atoms with Crippen LogP contribution < -0.4 is 20.3 Å². The van der Waals surface area contributed by atoms with Crippen molar-refractivity contribution in [2.75, 3.05) is 30.9 Å². The molecule has 5 rings (SSSR count). The molecule has 0 unspecified atom stereocenters. The van der Waals surface area contributed by atoms with E-state index in [1.165, 1.54) is 36.4 Å². The van der Waals surface area contributed by atoms with Crippen LogP contribution in [0.4, 0.5) is 30.6 Å². The number of para-hydroxylation sites is 2. The number of fused-ring (bicyclic) bond motifs is 1. The van der Waals surface area contributed by atoms with Crippen LogP contribution in [0.15, 0.2) is 66.7 Å². The summed E-state index contributed by atoms with van der Waals surface area (Å²) in [6.45, 7) is 0.868. The van der Waals surface area contributed by atoms with Gasteiger partial charge in [0.25, 0.3) is 5.69 Å². The molecular weight excluding hydrogens is 561 g/mol. The molecule has 1 heterocycles. The van der Waals surface area contributed by atoms with E-state index in [-0.39, 0.29) is 29.8 Å². The number of nitro benzene ring substituents is 1. The quantitative estimate of drug-likeness (QED) is 0.147. The molecule has 226 valence electrons. The van der Waals surface area contributed by atoms with Crippen LogP contribution in [0.5, 0.6) is 11.5 Å². The molecule has 1 aliphatic rings. The van der Waals surface area contributed by atoms with Gasteiger partial charge in [-0.2, -0.15) is 18.2 Å². The van der Waals surface area contributed by atoms with E-state index in [1.54, 1.807) is 0 Å². The molecule has 0 aliphatic heterocycles. The van der Waals surface area contributed by atoms with Gasteiger partial charge in [0.2, 0.25) is 5.95 Å². The Morgan fingerprint density at radius 3 is 2.42 bits per heavy atom. The summed E-state index contributed by atoms with van der Waals surface area (Å²) in [6, 6.07) is 17.0. The van der Waals surface area contributed by atoms with Crippen molar-refractivity contribution in [2.24, 2.45) is 5.92 Å². The molecule has 1 aliphatic carbocycles. The number of benzene rings is 3. The third-order valence-corrected chi connectivity index (χ3v) is 7.60. The number of hydrogen-bond donors (Lipinski definition) is 2. The van der Waals surface area contributed by atoms with Crippen LogP contribution in [0, 0.1) is 16.0 Å². The monoisotopic (exact) mass is 594 g/mol. The molecule has 0 radical (unpaired) electrons. The molecule has 3 aromatic carbocycles. The zero-order valence-electron chi connectivity index (χ0n) is 23.9. The van der Waals surface area contributed by atoms with E-state index in [0.29, 0.717) is 24.0 Å². The lowest BCUT2D eigenvalue weighted by Gasteiger charge is -2.29. The van der Waals surface area contributed by atoms with Gasteiger partial charge in [0, 0.05) is 49.8 Å². The molecular formula is C31H33F3N6O3. The second-order valence-corrected chi connectivity index (χ2v) is 10.9. The number of nitrogens with zero attached hydrogens (tertiary/aromatic N) is 4. The lowest BCUT2D eigenvalue weighted by atomic mass is 9.86. The molecule has 2 N–H and O–H groups in total. The van der Waals surface area contributed by atoms with Crippen LogP contribution in [0.25, 0.3) is 10.9 Å². The maximum atomic E-state index is 13.5. The zero-order valence-corrected chi connectivity index (χ0v) is 23.9. The van der Waals surface area contributed by atoms with E-state index in [2.05, 4.69) is 10.6 Å². The first-order valence-electron chi connectivity index (χ1n) is 14.1. The van der Waals surface area contributed by atoms with E-state index in [4.69, 9.17) is 14.7 Å². The first-order chi connectivity index (χ1) is 20.6. The number of alkyl halides is 3. The second kappa shape index (κ2) is 12.8. The molecule has 1 saturated carbocycles. The maximum Gasteiger partial charge on any atom is 0.419 e. The van der Waals surface area contributed by atoms with Crippen molar-refractivity contribution in [3.05, 3.63) is 88.0 Å². The van der Waals surface area contributed by atoms with Gasteiger partial charge in [0.1, 0.15) is 17.3 Å². The van der Waals surface area contributed by atoms with E-state index in [1.807, 2.05) is 43.3 Å². The molecule has 0 bridgehead atoms. The topological polar surface area (TPSA) is 105 Å². The first kappa shape index (κ1) is 30.0. The number of aromatic nitrogens is 2. The standard InChI is InChI=1S/C31H33F3N6O3/c1-39(2)29-24-7-3-5-9-26(24)37-30(38-29)36-22-13-11-20(12-14-22)18-35-19-21-17-23(40(41)42)15-16-27(21)43-28-10-6-4-8-25(28)31(32,33)34/h3-10,15-17,20,22,35H,11-14,18-19H2,1-2H3,(H,36,37,38). The number of ether oxygens (including phenoxy) is 1. The molecule has 0 saturated heterocycles. The van der Waals surface area contributed by atoms with Gasteiger partial charge in [-0.15, -0.1) is 0 Å². The Balaban J connectivity index is 1.19. The summed E-state index contributed by atoms with van der Waals surface area (Å²) >= 11 is 0. The highest BCUT2D eigenvalue weighted by atomic mass is 19.4. The van der Waals surface area contributed by atoms with Crippen LogP contribution in [-0.4, -0.2) is 41.6 Å². The fraction of sp³-hybridized carbons (Fsp3) is 0.355. The fourth-order valence-corrected chi connectivity index (χ4v) is 5.40. The third kappa shape index (κ3) is 7.31. The van der Waals surface area contributed by atoms with Crippen LogP contribution in [0.2, 0.25) is 0 Å². The van der Waals surface area contributed by atoms with E-state index in [0.717, 1.165) is 48.5 Å². The number of hydrogen-bond acceptors (Lipinski definition) is 8. The summed E-state index contributed by atoms with van der Waals surface area (Å²) in [6.07, 6.45) is -0.830. The van der Waals surface area contributed by atoms with Gasteiger partial charge in [-0.1, -0.05) is 24.3 Å². The molecule has 9 nitrogen and oxygen atoms in total. The second-order valence-electron chi connectivity index (χ2n) is 10.9. The minimum absolute atomic E-state index is 0.134. The third-order valence-electron chi connectivity index (χ3n) is 7.60. The van der Waals surface area contributed by atoms with Gasteiger partial charge < -0.3 is 20.3 Å². The first-order valence-corrected chi connectivity index (χ1v) is 14.1. The Morgan fingerprint density at radius 1 is 0.977 bits per heavy atom. The van der Waals surface area contributed by atoms with E-state index in [9.17, 15) is 23.3 Å². The van der Waals surface area contributed by atoms with Crippen LogP contribution in [-0.2, 0) is 12.7 Å². The van der Waals surface area contributed by atoms with Crippen LogP contribution >= 0.6 is 0 Å². The highest BCUT2D eigenvalue weighted by Crippen LogP contribution is 2.39. The van der Waals surface area contributed by atoms with Gasteiger partial charge >= 0.3 is 6.18 Å². The predicted octanol–water partition coefficient (Wildman–Crippen LogP) is 7.18. The molecule has 43 heavy (non-hydrogen) atoms. The maximum absolute atomic E-state index is 13.5. The minimum Gasteiger partial charge on any atom is -0.456 e. The highest BCUT2D eigenvalue weighted by Gasteiger charge is 2.34. The van der Waals surface area contributed by atoms with Gasteiger partial charge in [-0.25, -0.2) is 4.98 Å². The molecule has 1 fully saturated rings. The Kier molecular flexibility index (Phi) is 8.95. The lowest BCUT2D eigenvalue weighted by molar-refractivity contribution is -0.384. The SMILES string of the molecule is CN(C)c1nc(NC2CCC(CNCc3cc([N+](=O)[O-])ccc3Oc3ccccc3C(F)(F)F)CC2)nc2ccccc12. The summed E-state index contributed by atoms with van der Waals surface area (Å²) < 4.78 is 46.1. The Labute approximate surface area is 247 Å². The predicted molar refractivity (Wildman–Crippen MR) is 160 cm³/mol. The van der Waals surface area contributed by atoms with Crippen molar-refractivity contribution in [1.29, 1.82) is 0 Å². The number of rotatable bonds is 10. The van der Waals surface area contributed by atoms with Gasteiger partial charge in [0.15, 0.2) is 0 Å². The Hall–Kier alpha value is -4.45. The van der Waals surface area contributed by atoms with Gasteiger partial charge in [0.05, 0.1) is 16.0 Å². The van der Waals surface area contributed by atoms with E-state index < -0.39 is 16.7 Å². The molecule has 4 aromatic rings. The van der Waals surface area contributed by atoms with Crippen molar-refractivity contribution >= 4 is 28.4 Å². The van der Waals surface area contributed by atoms with Crippen molar-refractivity contribution in [3.63, 3.8) is 0 Å². The summed E-state index contributed by atoms with van der Waals surface area (Å²) in [7, 11) is 3.92. The van der Waals surface area contributed by atoms with Gasteiger partial charge in [-0.05, 0) is 68.5 Å². The van der Waals surface area contributed by atoms with Gasteiger partial charge in [-0.3, -0.25) is 10.1 Å². The smallest absolute Gasteiger partial charge is 0.419 e. The average Bonchev–Trinajstić information content (AvgIpc) is 2.98. The Bertz CT molecular complexity index is 1590. The Morgan fingerprint density at radius 2 is 1.70 bits per heavy atom. The normalized spacial score (nSPS) is 17.0. The number of non-ortho nitro benzene ring substituents is 1. The molecule has 12 heteroatoms. The van der Waals surface area contributed by atoms with Crippen LogP contribution in [0.3, 0.4) is 0 Å². The highest BCUT2D eigenvalue weighted by molar-refractivity contribution is 5.90. The van der Waals surface area contributed by atoms with Crippen molar-refractivity contribution in [3.8, 4) is 11.5 Å². The van der Waals surface area contributed by atoms with Crippen LogP contribution in [0.1, 0.15) is 36.8 Å². The molecule has 0 amide bonds. The lowest BCUT2D eigenvalue weighted by Crippen LogP contribution is -2.31. The summed E-state index contributed by atoms with van der Waals surface area (Å²) in [4.78, 5) is 22.3. The summed E-state index contributed by atoms with van der Waals surface area (Å²) in [5, 5.41) is 19.2. The number of anilines is 2. The number of nitrogens with one attached hydrogen (secondary N) is 2. The average molecular weight is 595 g/mol. The van der Waals surface area contributed by atoms with E-state index >= 15 is 0 Å². The minimum atomic E-state index is -4.60. The molecule has 1 aromatic heterocycles. The molecule has 0 atom stereocenters. The summed E-state index contributed by atoms with van der Waals surface area (Å²) in [5.41, 5.74) is 0.220. The van der Waals surface area contributed by atoms with Crippen molar-refractivity contribution in [1.82, 2.24) is 15.3 Å². The van der Waals surface area contributed by atoms with Crippen molar-refractivity contribution < 1.29 is 22.8 Å².